The van der Waals surface area contributed by atoms with Gasteiger partial charge in [0.15, 0.2) is 0 Å². The first-order chi connectivity index (χ1) is 5.66. The van der Waals surface area contributed by atoms with Crippen molar-refractivity contribution in [1.82, 2.24) is 0 Å². The summed E-state index contributed by atoms with van der Waals surface area (Å²) in [5.74, 6) is 0.0243. The minimum absolute atomic E-state index is 0.0243. The molecule has 1 rings (SSSR count). The number of hydrogen-bond acceptors (Lipinski definition) is 2. The van der Waals surface area contributed by atoms with Crippen LogP contribution in [0.4, 0.5) is 0 Å². The summed E-state index contributed by atoms with van der Waals surface area (Å²) in [5.41, 5.74) is 5.96. The molecule has 2 radical (unpaired) electrons. The van der Waals surface area contributed by atoms with Gasteiger partial charge in [-0.1, -0.05) is 0 Å². The number of benzene rings is 1. The van der Waals surface area contributed by atoms with E-state index in [1.165, 1.54) is 0 Å². The van der Waals surface area contributed by atoms with Gasteiger partial charge in [0.05, 0.1) is 0 Å². The molecule has 0 aromatic heterocycles. The van der Waals surface area contributed by atoms with Crippen LogP contribution in [-0.2, 0) is 0 Å². The van der Waals surface area contributed by atoms with Gasteiger partial charge in [0.1, 0.15) is 0 Å². The van der Waals surface area contributed by atoms with Gasteiger partial charge in [-0.3, -0.25) is 0 Å². The first kappa shape index (κ1) is 9.43. The maximum absolute atomic E-state index is 8.43. The Morgan fingerprint density at radius 3 is 2.75 bits per heavy atom. The van der Waals surface area contributed by atoms with E-state index in [2.05, 4.69) is 22.0 Å². The molecule has 0 bridgehead atoms. The van der Waals surface area contributed by atoms with Crippen molar-refractivity contribution in [3.63, 3.8) is 0 Å². The van der Waals surface area contributed by atoms with Gasteiger partial charge in [-0.05, 0) is 0 Å². The summed E-state index contributed by atoms with van der Waals surface area (Å²) < 4.78 is 0.824. The van der Waals surface area contributed by atoms with Gasteiger partial charge < -0.3 is 0 Å². The molecular weight excluding hydrogens is 238 g/mol. The summed E-state index contributed by atoms with van der Waals surface area (Å²) in [6.07, 6.45) is 0. The number of oxime groups is 1. The van der Waals surface area contributed by atoms with Crippen LogP contribution < -0.4 is 10.1 Å². The Hall–Kier alpha value is -0.662. The number of amidine groups is 1. The van der Waals surface area contributed by atoms with Gasteiger partial charge in [-0.15, -0.1) is 0 Å². The van der Waals surface area contributed by atoms with Gasteiger partial charge in [0.2, 0.25) is 0 Å². The van der Waals surface area contributed by atoms with E-state index in [1.54, 1.807) is 12.1 Å². The fourth-order valence-corrected chi connectivity index (χ4v) is 1.90. The van der Waals surface area contributed by atoms with Crippen molar-refractivity contribution >= 4 is 38.6 Å². The number of hydrogen-bond donors (Lipinski definition) is 2. The molecule has 0 unspecified atom stereocenters. The van der Waals surface area contributed by atoms with Crippen molar-refractivity contribution in [2.75, 3.05) is 0 Å². The van der Waals surface area contributed by atoms with Gasteiger partial charge >= 0.3 is 83.5 Å². The number of nitrogens with two attached hydrogens (primary N) is 1. The fraction of sp³-hybridized carbons (Fsp3) is 0. The van der Waals surface area contributed by atoms with Crippen LogP contribution in [0.1, 0.15) is 5.56 Å². The summed E-state index contributed by atoms with van der Waals surface area (Å²) in [4.78, 5) is 0. The van der Waals surface area contributed by atoms with E-state index < -0.39 is 0 Å². The normalized spacial score (nSPS) is 11.7. The first-order valence-corrected chi connectivity index (χ1v) is 4.44. The molecule has 0 aliphatic heterocycles. The molecule has 3 N–H and O–H groups in total. The molecular formula is C7H6AsClN2O. The van der Waals surface area contributed by atoms with Crippen molar-refractivity contribution in [3.05, 3.63) is 28.8 Å². The third-order valence-corrected chi connectivity index (χ3v) is 2.45. The number of nitrogens with zero attached hydrogens (tertiary/aromatic N) is 1. The summed E-state index contributed by atoms with van der Waals surface area (Å²) in [6.45, 7) is 0. The molecule has 0 fully saturated rings. The minimum atomic E-state index is 0.0243. The number of rotatable bonds is 1. The maximum atomic E-state index is 8.43. The van der Waals surface area contributed by atoms with E-state index >= 15 is 0 Å². The SMILES string of the molecule is NC(=NO)c1c(Cl)cccc1[As]. The van der Waals surface area contributed by atoms with Crippen LogP contribution in [0.3, 0.4) is 0 Å². The molecule has 1 aromatic carbocycles. The Bertz CT molecular complexity index is 307. The second-order valence-corrected chi connectivity index (χ2v) is 3.54. The Labute approximate surface area is 83.7 Å². The van der Waals surface area contributed by atoms with E-state index in [-0.39, 0.29) is 5.84 Å². The average Bonchev–Trinajstić information content (AvgIpc) is 2.03. The van der Waals surface area contributed by atoms with Gasteiger partial charge in [-0.2, -0.15) is 0 Å². The van der Waals surface area contributed by atoms with Crippen molar-refractivity contribution in [1.29, 1.82) is 0 Å². The van der Waals surface area contributed by atoms with Crippen molar-refractivity contribution in [3.8, 4) is 0 Å². The molecule has 5 heteroatoms. The molecule has 0 saturated heterocycles. The van der Waals surface area contributed by atoms with E-state index in [0.717, 1.165) is 4.35 Å². The molecule has 0 aliphatic rings. The third kappa shape index (κ3) is 1.74. The first-order valence-electron chi connectivity index (χ1n) is 3.12. The van der Waals surface area contributed by atoms with Crippen LogP contribution >= 0.6 is 11.6 Å². The quantitative estimate of drug-likeness (QED) is 0.244. The number of halogens is 1. The van der Waals surface area contributed by atoms with Gasteiger partial charge in [0.25, 0.3) is 0 Å². The van der Waals surface area contributed by atoms with E-state index in [4.69, 9.17) is 22.5 Å². The zero-order valence-corrected chi connectivity index (χ0v) is 8.66. The standard InChI is InChI=1S/C7H6AsClN2O/c8-4-2-1-3-5(9)6(4)7(10)11-12/h1-3,12H,(H2,10,11). The third-order valence-electron chi connectivity index (χ3n) is 1.36. The van der Waals surface area contributed by atoms with Crippen LogP contribution in [0.15, 0.2) is 23.4 Å². The van der Waals surface area contributed by atoms with Crippen molar-refractivity contribution in [2.24, 2.45) is 10.9 Å². The van der Waals surface area contributed by atoms with Crippen LogP contribution in [-0.4, -0.2) is 27.9 Å². The molecule has 0 atom stereocenters. The molecule has 12 heavy (non-hydrogen) atoms. The molecule has 0 saturated carbocycles. The monoisotopic (exact) mass is 244 g/mol. The molecule has 1 aromatic rings. The van der Waals surface area contributed by atoms with Crippen LogP contribution in [0.2, 0.25) is 5.02 Å². The Morgan fingerprint density at radius 2 is 2.25 bits per heavy atom. The van der Waals surface area contributed by atoms with Crippen LogP contribution in [0.25, 0.3) is 0 Å². The zero-order chi connectivity index (χ0) is 9.14. The molecule has 0 amide bonds. The molecule has 0 spiro atoms. The summed E-state index contributed by atoms with van der Waals surface area (Å²) in [5, 5.41) is 11.8. The predicted octanol–water partition coefficient (Wildman–Crippen LogP) is 0.228. The van der Waals surface area contributed by atoms with E-state index in [9.17, 15) is 0 Å². The molecule has 0 heterocycles. The Kier molecular flexibility index (Phi) is 3.01. The summed E-state index contributed by atoms with van der Waals surface area (Å²) in [7, 11) is 0. The fourth-order valence-electron chi connectivity index (χ4n) is 0.816. The average molecular weight is 245 g/mol. The van der Waals surface area contributed by atoms with Crippen LogP contribution in [0, 0.1) is 0 Å². The van der Waals surface area contributed by atoms with Crippen molar-refractivity contribution < 1.29 is 5.21 Å². The molecule has 0 aliphatic carbocycles. The molecule has 62 valence electrons. The van der Waals surface area contributed by atoms with Gasteiger partial charge in [-0.25, -0.2) is 0 Å². The van der Waals surface area contributed by atoms with Crippen LogP contribution in [0.5, 0.6) is 0 Å². The van der Waals surface area contributed by atoms with E-state index in [0.29, 0.717) is 10.6 Å². The van der Waals surface area contributed by atoms with E-state index in [1.807, 2.05) is 6.07 Å². The second-order valence-electron chi connectivity index (χ2n) is 2.12. The predicted molar refractivity (Wildman–Crippen MR) is 49.4 cm³/mol. The Balaban J connectivity index is 3.31. The zero-order valence-electron chi connectivity index (χ0n) is 6.03. The molecule has 3 nitrogen and oxygen atoms in total. The second kappa shape index (κ2) is 3.83. The van der Waals surface area contributed by atoms with Crippen molar-refractivity contribution in [2.45, 2.75) is 0 Å². The Morgan fingerprint density at radius 1 is 1.58 bits per heavy atom. The summed E-state index contributed by atoms with van der Waals surface area (Å²) >= 11 is 8.13. The summed E-state index contributed by atoms with van der Waals surface area (Å²) in [6, 6.07) is 5.30. The topological polar surface area (TPSA) is 58.6 Å². The van der Waals surface area contributed by atoms with Gasteiger partial charge in [0, 0.05) is 0 Å².